The molecule has 24 nitrogen and oxygen atoms in total. The summed E-state index contributed by atoms with van der Waals surface area (Å²) in [5.74, 6) is 2.81. The van der Waals surface area contributed by atoms with Crippen LogP contribution in [0.15, 0.2) is 196 Å². The van der Waals surface area contributed by atoms with E-state index in [1.54, 1.807) is 45.3 Å². The number of fused-ring (bicyclic) bond motifs is 7. The number of benzene rings is 10. The van der Waals surface area contributed by atoms with Crippen LogP contribution in [0.4, 0.5) is 31.2 Å². The third kappa shape index (κ3) is 18.1. The highest BCUT2D eigenvalue weighted by Crippen LogP contribution is 2.49. The van der Waals surface area contributed by atoms with Crippen LogP contribution in [0.25, 0.3) is 111 Å². The van der Waals surface area contributed by atoms with Gasteiger partial charge in [-0.3, -0.25) is 19.2 Å². The standard InChI is InChI=1S/C30H31ClN6O.C30H30ClN5O.C25H22ClFN4O2.C21H20ClFN4OS/c1-17(2)21-7-5-6-8-25(21)37-29-22(28(35-30(37)38)36-12-11-32-14-19(36)4)13-24(31)27(34-29)26-18(3)9-10-20-15-33-16-23(20)26;1-18(2)21-6-4-5-7-26(21)36-27-15-22(28-19(3)8-9-20-16-33-17-24(20)28)25(31)14-23(27)29(34-30(36)37)35-12-10-32-11-13-35;1-15-14-28-10-11-31(15)24-17-13-20(26)19(23-21(27)8-5-9-22(23)32)12-18(17)25(30-29-24)33-16-6-3-2-4-7-16;1-26-20-12(11-24-26)8-13(28-2)9-14(20)17-16(22)10-15-19(18(17)23)25-29-21(15)27-6-4-3-5-7-27/h5-10,13,16-17,19,32H,11-12,14-15H2,1-4H3;4-9,14-15,17-18,32H,10-13,16H2,1-3H3;2-9,12-13,15,28,32H,10-11,14H2,1H3;8-11H,3-7H2,1-2H3/t19-;;15-;/m0.0./s1. The van der Waals surface area contributed by atoms with Gasteiger partial charge in [0.05, 0.1) is 80.9 Å². The number of para-hydroxylation sites is 3. The minimum atomic E-state index is -0.570. The summed E-state index contributed by atoms with van der Waals surface area (Å²) < 4.78 is 51.5. The average molecular weight is 1930 g/mol. The number of nitrogens with zero attached hydrogens (tertiary/aromatic N) is 16. The molecule has 2 atom stereocenters. The Bertz CT molecular complexity index is 7570. The first kappa shape index (κ1) is 93.2. The van der Waals surface area contributed by atoms with Crippen LogP contribution in [0.5, 0.6) is 23.1 Å². The van der Waals surface area contributed by atoms with Gasteiger partial charge in [-0.1, -0.05) is 159 Å². The molecular weight excluding hydrogens is 1830 g/mol. The molecule has 22 rings (SSSR count). The number of halogens is 6. The fourth-order valence-corrected chi connectivity index (χ4v) is 21.5. The maximum Gasteiger partial charge on any atom is 0.355 e. The number of pyridine rings is 1. The monoisotopic (exact) mass is 1930 g/mol. The second-order valence-corrected chi connectivity index (χ2v) is 38.4. The Balaban J connectivity index is 0.000000117. The number of piperazine rings is 3. The van der Waals surface area contributed by atoms with Gasteiger partial charge in [0.25, 0.3) is 0 Å². The molecule has 0 spiro atoms. The van der Waals surface area contributed by atoms with Crippen LogP contribution in [-0.4, -0.2) is 164 Å². The van der Waals surface area contributed by atoms with Crippen LogP contribution < -0.4 is 56.4 Å². The summed E-state index contributed by atoms with van der Waals surface area (Å²) >= 11 is 28.7. The Morgan fingerprint density at radius 3 is 1.77 bits per heavy atom. The van der Waals surface area contributed by atoms with Crippen molar-refractivity contribution in [2.24, 2.45) is 17.0 Å². The quantitative estimate of drug-likeness (QED) is 0.0744. The number of ether oxygens (including phenoxy) is 2. The van der Waals surface area contributed by atoms with Crippen LogP contribution in [0.3, 0.4) is 0 Å². The van der Waals surface area contributed by atoms with Gasteiger partial charge in [-0.25, -0.2) is 27.9 Å². The van der Waals surface area contributed by atoms with Gasteiger partial charge in [0, 0.05) is 181 Å². The van der Waals surface area contributed by atoms with Crippen molar-refractivity contribution in [1.29, 1.82) is 0 Å². The molecule has 0 saturated carbocycles. The Hall–Kier alpha value is -12.8. The second kappa shape index (κ2) is 39.7. The number of hydrogen-bond acceptors (Lipinski definition) is 22. The lowest BCUT2D eigenvalue weighted by Crippen LogP contribution is -2.50. The Kier molecular flexibility index (Phi) is 27.0. The van der Waals surface area contributed by atoms with Gasteiger partial charge in [0.15, 0.2) is 17.3 Å². The summed E-state index contributed by atoms with van der Waals surface area (Å²) in [5.41, 5.74) is 17.4. The van der Waals surface area contributed by atoms with Crippen molar-refractivity contribution in [1.82, 2.24) is 64.4 Å². The first-order chi connectivity index (χ1) is 66.4. The highest BCUT2D eigenvalue weighted by atomic mass is 35.5. The maximum absolute atomic E-state index is 15.8. The van der Waals surface area contributed by atoms with Crippen molar-refractivity contribution in [2.75, 3.05) is 105 Å². The summed E-state index contributed by atoms with van der Waals surface area (Å²) in [7, 11) is 3.42. The molecule has 12 heterocycles. The normalized spacial score (nSPS) is 15.8. The topological polar surface area (TPSA) is 252 Å². The molecule has 6 aliphatic heterocycles. The number of piperidine rings is 1. The molecule has 6 aromatic heterocycles. The van der Waals surface area contributed by atoms with E-state index in [2.05, 4.69) is 173 Å². The zero-order valence-corrected chi connectivity index (χ0v) is 81.5. The molecular formula is C106H103Cl4F2N19O5S. The number of aromatic nitrogens is 10. The SMILES string of the molecule is COc1cc(-c2c(Cl)cc3c(N4CCCCC4)snc3c2F)c2c(cnn2C)c1.C[C@H]1CNCCN1c1nnc(Oc2ccccc2)c2cc(-c3c(O)cccc3F)c(Cl)cc12.Cc1ccc2c(c1-c1cc3c(cc1Cl)c(N1CCNCC1)nc(=O)n3-c1ccccc1C(C)C)C=NC2.Cc1ccc2c(c1-c1nc3c(cc1Cl)c(N1CCNC[C@@H]1C)nc(=O)n3-c1ccccc1C(C)C)C=NC2. The molecule has 0 unspecified atom stereocenters. The fraction of sp³-hybridized carbons (Fsp3) is 0.292. The number of nitrogens with one attached hydrogen (secondary N) is 3. The number of rotatable bonds is 15. The lowest BCUT2D eigenvalue weighted by molar-refractivity contribution is 0.415. The van der Waals surface area contributed by atoms with Crippen LogP contribution in [-0.2, 0) is 20.1 Å². The van der Waals surface area contributed by atoms with E-state index in [9.17, 15) is 19.1 Å². The Labute approximate surface area is 815 Å². The van der Waals surface area contributed by atoms with Crippen LogP contribution >= 0.6 is 57.9 Å². The minimum Gasteiger partial charge on any atom is -0.507 e. The van der Waals surface area contributed by atoms with Crippen molar-refractivity contribution in [3.05, 3.63) is 273 Å². The van der Waals surface area contributed by atoms with Crippen molar-refractivity contribution in [3.63, 3.8) is 0 Å². The number of phenolic OH excluding ortho intramolecular Hbond substituents is 1. The van der Waals surface area contributed by atoms with E-state index in [0.717, 1.165) is 201 Å². The lowest BCUT2D eigenvalue weighted by Gasteiger charge is -2.35. The van der Waals surface area contributed by atoms with Crippen LogP contribution in [0.2, 0.25) is 20.1 Å². The maximum atomic E-state index is 15.8. The van der Waals surface area contributed by atoms with E-state index in [0.29, 0.717) is 101 Å². The number of aliphatic imine (C=N–C) groups is 2. The summed E-state index contributed by atoms with van der Waals surface area (Å²) in [6.45, 7) is 28.3. The summed E-state index contributed by atoms with van der Waals surface area (Å²) in [6.07, 6.45) is 9.12. The number of methoxy groups -OCH3 is 1. The third-order valence-corrected chi connectivity index (χ3v) is 28.7. The molecule has 31 heteroatoms. The largest absolute Gasteiger partial charge is 0.507 e. The van der Waals surface area contributed by atoms with Gasteiger partial charge in [-0.05, 0) is 194 Å². The van der Waals surface area contributed by atoms with E-state index in [4.69, 9.17) is 60.9 Å². The van der Waals surface area contributed by atoms with Crippen LogP contribution in [0, 0.1) is 25.5 Å². The molecule has 4 fully saturated rings. The Morgan fingerprint density at radius 2 is 1.12 bits per heavy atom. The number of anilines is 4. The molecule has 0 aliphatic carbocycles. The van der Waals surface area contributed by atoms with Gasteiger partial charge in [0.1, 0.15) is 45.2 Å². The third-order valence-electron chi connectivity index (χ3n) is 26.5. The summed E-state index contributed by atoms with van der Waals surface area (Å²) in [6, 6.07) is 53.3. The number of aryl methyl sites for hydroxylation is 3. The summed E-state index contributed by atoms with van der Waals surface area (Å²) in [5, 5.41) is 41.3. The number of phenols is 1. The smallest absolute Gasteiger partial charge is 0.355 e. The van der Waals surface area contributed by atoms with E-state index in [1.165, 1.54) is 41.7 Å². The predicted octanol–water partition coefficient (Wildman–Crippen LogP) is 21.8. The first-order valence-electron chi connectivity index (χ1n) is 46.4. The molecule has 0 amide bonds. The molecule has 0 bridgehead atoms. The van der Waals surface area contributed by atoms with Gasteiger partial charge >= 0.3 is 11.4 Å². The van der Waals surface area contributed by atoms with Crippen molar-refractivity contribution in [3.8, 4) is 79.1 Å². The van der Waals surface area contributed by atoms with E-state index in [1.807, 2.05) is 110 Å². The van der Waals surface area contributed by atoms with Crippen molar-refractivity contribution < 1.29 is 23.4 Å². The fourth-order valence-electron chi connectivity index (χ4n) is 19.6. The average Bonchev–Trinajstić information content (AvgIpc) is 1.39. The lowest BCUT2D eigenvalue weighted by atomic mass is 9.92. The second-order valence-electron chi connectivity index (χ2n) is 36.0. The van der Waals surface area contributed by atoms with E-state index >= 15 is 4.39 Å². The molecule has 4 saturated heterocycles. The van der Waals surface area contributed by atoms with Gasteiger partial charge in [0.2, 0.25) is 5.88 Å². The predicted molar refractivity (Wildman–Crippen MR) is 553 cm³/mol. The Morgan fingerprint density at radius 1 is 0.526 bits per heavy atom. The molecule has 6 aliphatic rings. The minimum absolute atomic E-state index is 0.0314. The van der Waals surface area contributed by atoms with Crippen molar-refractivity contribution in [2.45, 2.75) is 112 Å². The zero-order chi connectivity index (χ0) is 95.3. The molecule has 137 heavy (non-hydrogen) atoms. The molecule has 0 radical (unpaired) electrons. The number of hydrogen-bond donors (Lipinski definition) is 4. The summed E-state index contributed by atoms with van der Waals surface area (Å²) in [4.78, 5) is 60.0. The van der Waals surface area contributed by atoms with Crippen molar-refractivity contribution >= 4 is 147 Å². The molecule has 700 valence electrons. The van der Waals surface area contributed by atoms with E-state index < -0.39 is 11.6 Å². The van der Waals surface area contributed by atoms with Gasteiger partial charge in [-0.15, -0.1) is 10.2 Å². The molecule has 10 aromatic carbocycles. The van der Waals surface area contributed by atoms with E-state index in [-0.39, 0.29) is 52.5 Å². The highest BCUT2D eigenvalue weighted by molar-refractivity contribution is 7.11. The van der Waals surface area contributed by atoms with Crippen LogP contribution in [0.1, 0.15) is 117 Å². The first-order valence-corrected chi connectivity index (χ1v) is 48.7. The molecule has 4 N–H and O–H groups in total. The van der Waals surface area contributed by atoms with Gasteiger partial charge < -0.3 is 50.1 Å². The highest BCUT2D eigenvalue weighted by Gasteiger charge is 2.33. The number of aromatic hydroxyl groups is 1. The molecule has 16 aromatic rings. The van der Waals surface area contributed by atoms with Gasteiger partial charge in [-0.2, -0.15) is 19.4 Å². The zero-order valence-electron chi connectivity index (χ0n) is 77.6.